The zero-order valence-corrected chi connectivity index (χ0v) is 24.3. The van der Waals surface area contributed by atoms with Crippen molar-refractivity contribution < 1.29 is 13.9 Å². The lowest BCUT2D eigenvalue weighted by molar-refractivity contribution is -0.132. The summed E-state index contributed by atoms with van der Waals surface area (Å²) >= 11 is 0. The van der Waals surface area contributed by atoms with Crippen molar-refractivity contribution >= 4 is 28.8 Å². The van der Waals surface area contributed by atoms with Gasteiger partial charge in [0.1, 0.15) is 11.7 Å². The molecule has 1 aliphatic rings. The molecule has 0 spiro atoms. The molecular formula is C36H36FN3O2. The minimum Gasteiger partial charge on any atom is -0.383 e. The Morgan fingerprint density at radius 1 is 0.929 bits per heavy atom. The number of hydrogen-bond donors (Lipinski definition) is 0. The SMILES string of the molecule is CC/C=C1\c2ccccc2N=C(C(C)N(CCOC)C(=O)Cc2ccc(-c3ccccc3)cc2)N1c1ccc(F)cc1. The van der Waals surface area contributed by atoms with E-state index in [0.717, 1.165) is 45.7 Å². The number of fused-ring (bicyclic) bond motifs is 1. The standard InChI is InChI=1S/C36H36FN3O2/c1-4-10-34-32-13-8-9-14-33(32)38-36(40(34)31-21-19-30(37)20-22-31)26(2)39(23-24-42-3)35(41)25-27-15-17-29(18-16-27)28-11-6-5-7-12-28/h5-22,26H,4,23-25H2,1-3H3/b34-10+. The molecule has 4 aromatic carbocycles. The first-order valence-corrected chi connectivity index (χ1v) is 14.4. The molecule has 214 valence electrons. The van der Waals surface area contributed by atoms with Gasteiger partial charge in [-0.25, -0.2) is 9.38 Å². The van der Waals surface area contributed by atoms with Crippen molar-refractivity contribution in [1.29, 1.82) is 0 Å². The number of carbonyl (C=O) groups is 1. The minimum absolute atomic E-state index is 0.0198. The third kappa shape index (κ3) is 6.34. The smallest absolute Gasteiger partial charge is 0.227 e. The molecule has 0 saturated heterocycles. The van der Waals surface area contributed by atoms with Gasteiger partial charge in [-0.15, -0.1) is 0 Å². The van der Waals surface area contributed by atoms with Crippen LogP contribution in [0.3, 0.4) is 0 Å². The fourth-order valence-corrected chi connectivity index (χ4v) is 5.33. The number of methoxy groups -OCH3 is 1. The molecule has 6 heteroatoms. The third-order valence-corrected chi connectivity index (χ3v) is 7.48. The number of aliphatic imine (C=N–C) groups is 1. The van der Waals surface area contributed by atoms with Crippen LogP contribution in [0.4, 0.5) is 15.8 Å². The number of hydrogen-bond acceptors (Lipinski definition) is 4. The average molecular weight is 562 g/mol. The first-order chi connectivity index (χ1) is 20.5. The lowest BCUT2D eigenvalue weighted by Crippen LogP contribution is -2.51. The Hall–Kier alpha value is -4.55. The van der Waals surface area contributed by atoms with Crippen molar-refractivity contribution in [1.82, 2.24) is 4.90 Å². The second-order valence-corrected chi connectivity index (χ2v) is 10.3. The van der Waals surface area contributed by atoms with Crippen molar-refractivity contribution in [3.8, 4) is 11.1 Å². The first kappa shape index (κ1) is 29.0. The second-order valence-electron chi connectivity index (χ2n) is 10.3. The third-order valence-electron chi connectivity index (χ3n) is 7.48. The highest BCUT2D eigenvalue weighted by molar-refractivity contribution is 6.16. The van der Waals surface area contributed by atoms with E-state index in [-0.39, 0.29) is 18.1 Å². The maximum absolute atomic E-state index is 14.0. The van der Waals surface area contributed by atoms with Crippen LogP contribution < -0.4 is 4.90 Å². The Labute approximate surface area is 247 Å². The van der Waals surface area contributed by atoms with Crippen LogP contribution in [-0.2, 0) is 16.0 Å². The fourth-order valence-electron chi connectivity index (χ4n) is 5.33. The molecule has 1 aliphatic heterocycles. The highest BCUT2D eigenvalue weighted by Crippen LogP contribution is 2.38. The molecule has 1 heterocycles. The molecule has 5 rings (SSSR count). The van der Waals surface area contributed by atoms with E-state index in [9.17, 15) is 9.18 Å². The van der Waals surface area contributed by atoms with Crippen LogP contribution in [0.5, 0.6) is 0 Å². The van der Waals surface area contributed by atoms with Gasteiger partial charge in [0.05, 0.1) is 30.5 Å². The summed E-state index contributed by atoms with van der Waals surface area (Å²) in [6, 6.07) is 32.3. The minimum atomic E-state index is -0.394. The van der Waals surface area contributed by atoms with E-state index in [0.29, 0.717) is 19.0 Å². The highest BCUT2D eigenvalue weighted by Gasteiger charge is 2.33. The Bertz CT molecular complexity index is 1560. The summed E-state index contributed by atoms with van der Waals surface area (Å²) in [4.78, 5) is 22.9. The Morgan fingerprint density at radius 2 is 1.60 bits per heavy atom. The van der Waals surface area contributed by atoms with Crippen LogP contribution >= 0.6 is 0 Å². The van der Waals surface area contributed by atoms with E-state index in [4.69, 9.17) is 9.73 Å². The quantitative estimate of drug-likeness (QED) is 0.198. The maximum Gasteiger partial charge on any atom is 0.227 e. The van der Waals surface area contributed by atoms with E-state index in [1.165, 1.54) is 12.1 Å². The molecule has 0 fully saturated rings. The van der Waals surface area contributed by atoms with Crippen LogP contribution in [0, 0.1) is 5.82 Å². The van der Waals surface area contributed by atoms with Gasteiger partial charge in [0.15, 0.2) is 0 Å². The number of rotatable bonds is 10. The molecule has 42 heavy (non-hydrogen) atoms. The number of nitrogens with zero attached hydrogens (tertiary/aromatic N) is 3. The fraction of sp³-hybridized carbons (Fsp3) is 0.222. The van der Waals surface area contributed by atoms with Crippen LogP contribution in [-0.4, -0.2) is 42.9 Å². The average Bonchev–Trinajstić information content (AvgIpc) is 3.02. The van der Waals surface area contributed by atoms with Crippen molar-refractivity contribution in [2.75, 3.05) is 25.2 Å². The van der Waals surface area contributed by atoms with E-state index in [2.05, 4.69) is 42.2 Å². The molecule has 0 aliphatic carbocycles. The lowest BCUT2D eigenvalue weighted by Gasteiger charge is -2.39. The molecule has 4 aromatic rings. The summed E-state index contributed by atoms with van der Waals surface area (Å²) in [6.45, 7) is 4.88. The molecular weight excluding hydrogens is 525 g/mol. The summed E-state index contributed by atoms with van der Waals surface area (Å²) in [6.07, 6.45) is 3.20. The highest BCUT2D eigenvalue weighted by atomic mass is 19.1. The van der Waals surface area contributed by atoms with Gasteiger partial charge < -0.3 is 9.64 Å². The summed E-state index contributed by atoms with van der Waals surface area (Å²) in [5.41, 5.74) is 6.77. The van der Waals surface area contributed by atoms with Gasteiger partial charge in [-0.1, -0.05) is 85.8 Å². The second kappa shape index (κ2) is 13.4. The number of allylic oxidation sites excluding steroid dienone is 1. The molecule has 0 N–H and O–H groups in total. The number of anilines is 1. The molecule has 1 unspecified atom stereocenters. The van der Waals surface area contributed by atoms with Crippen molar-refractivity contribution in [3.05, 3.63) is 126 Å². The zero-order chi connectivity index (χ0) is 29.5. The number of ether oxygens (including phenoxy) is 1. The molecule has 0 aromatic heterocycles. The van der Waals surface area contributed by atoms with Gasteiger partial charge in [-0.3, -0.25) is 9.69 Å². The normalized spacial score (nSPS) is 14.3. The van der Waals surface area contributed by atoms with E-state index in [1.807, 2.05) is 66.4 Å². The molecule has 0 saturated carbocycles. The van der Waals surface area contributed by atoms with Gasteiger partial charge in [0.25, 0.3) is 0 Å². The van der Waals surface area contributed by atoms with Gasteiger partial charge in [0.2, 0.25) is 5.91 Å². The predicted molar refractivity (Wildman–Crippen MR) is 169 cm³/mol. The Kier molecular flexibility index (Phi) is 9.25. The number of amides is 1. The summed E-state index contributed by atoms with van der Waals surface area (Å²) in [7, 11) is 1.64. The predicted octanol–water partition coefficient (Wildman–Crippen LogP) is 7.90. The first-order valence-electron chi connectivity index (χ1n) is 14.4. The van der Waals surface area contributed by atoms with Gasteiger partial charge in [0, 0.05) is 24.9 Å². The van der Waals surface area contributed by atoms with Gasteiger partial charge >= 0.3 is 0 Å². The van der Waals surface area contributed by atoms with Crippen molar-refractivity contribution in [2.45, 2.75) is 32.7 Å². The van der Waals surface area contributed by atoms with E-state index >= 15 is 0 Å². The van der Waals surface area contributed by atoms with Crippen LogP contribution in [0.1, 0.15) is 31.4 Å². The van der Waals surface area contributed by atoms with E-state index in [1.54, 1.807) is 19.2 Å². The summed E-state index contributed by atoms with van der Waals surface area (Å²) < 4.78 is 19.4. The maximum atomic E-state index is 14.0. The van der Waals surface area contributed by atoms with Crippen molar-refractivity contribution in [2.24, 2.45) is 4.99 Å². The number of halogens is 1. The molecule has 0 bridgehead atoms. The Balaban J connectivity index is 1.49. The Morgan fingerprint density at radius 3 is 2.29 bits per heavy atom. The summed E-state index contributed by atoms with van der Waals surface area (Å²) in [5, 5.41) is 0. The van der Waals surface area contributed by atoms with Gasteiger partial charge in [-0.05, 0) is 60.4 Å². The number of amidine groups is 1. The lowest BCUT2D eigenvalue weighted by atomic mass is 10.0. The van der Waals surface area contributed by atoms with Crippen LogP contribution in [0.15, 0.2) is 114 Å². The molecule has 0 radical (unpaired) electrons. The van der Waals surface area contributed by atoms with Crippen LogP contribution in [0.2, 0.25) is 0 Å². The van der Waals surface area contributed by atoms with E-state index < -0.39 is 6.04 Å². The number of para-hydroxylation sites is 1. The van der Waals surface area contributed by atoms with Crippen LogP contribution in [0.25, 0.3) is 16.8 Å². The van der Waals surface area contributed by atoms with Gasteiger partial charge in [-0.2, -0.15) is 0 Å². The molecule has 5 nitrogen and oxygen atoms in total. The monoisotopic (exact) mass is 561 g/mol. The topological polar surface area (TPSA) is 45.1 Å². The molecule has 1 amide bonds. The van der Waals surface area contributed by atoms with Crippen molar-refractivity contribution in [3.63, 3.8) is 0 Å². The number of benzene rings is 4. The zero-order valence-electron chi connectivity index (χ0n) is 24.3. The molecule has 1 atom stereocenters. The largest absolute Gasteiger partial charge is 0.383 e. The summed E-state index contributed by atoms with van der Waals surface area (Å²) in [5.74, 6) is 0.372. The number of carbonyl (C=O) groups excluding carboxylic acids is 1.